The smallest absolute Gasteiger partial charge is 0.417 e. The minimum atomic E-state index is -4.91. The molecule has 5 aromatic rings. The van der Waals surface area contributed by atoms with Crippen LogP contribution in [0, 0.1) is 12.7 Å². The van der Waals surface area contributed by atoms with Gasteiger partial charge in [-0.15, -0.1) is 0 Å². The highest BCUT2D eigenvalue weighted by Gasteiger charge is 2.42. The quantitative estimate of drug-likeness (QED) is 0.174. The fraction of sp³-hybridized carbons (Fsp3) is 0.200. The highest BCUT2D eigenvalue weighted by atomic mass is 19.4. The zero-order chi connectivity index (χ0) is 33.1. The van der Waals surface area contributed by atoms with Gasteiger partial charge in [-0.3, -0.25) is 14.6 Å². The third kappa shape index (κ3) is 7.01. The lowest BCUT2D eigenvalue weighted by Gasteiger charge is -2.31. The van der Waals surface area contributed by atoms with Crippen molar-refractivity contribution in [1.29, 1.82) is 0 Å². The van der Waals surface area contributed by atoms with Crippen molar-refractivity contribution >= 4 is 29.2 Å². The van der Waals surface area contributed by atoms with Crippen molar-refractivity contribution < 1.29 is 31.6 Å². The van der Waals surface area contributed by atoms with Crippen LogP contribution < -0.4 is 15.5 Å². The molecule has 0 atom stereocenters. The number of oxazole rings is 1. The Morgan fingerprint density at radius 1 is 0.894 bits per heavy atom. The van der Waals surface area contributed by atoms with E-state index < -0.39 is 35.3 Å². The number of carbonyl (C=O) groups is 2. The molecule has 240 valence electrons. The Labute approximate surface area is 267 Å². The number of carbonyl (C=O) groups excluding carboxylic acids is 2. The molecule has 3 aromatic carbocycles. The fourth-order valence-corrected chi connectivity index (χ4v) is 5.58. The molecule has 0 bridgehead atoms. The number of anilines is 3. The highest BCUT2D eigenvalue weighted by Crippen LogP contribution is 2.36. The number of aromatic nitrogens is 2. The van der Waals surface area contributed by atoms with E-state index in [0.717, 1.165) is 0 Å². The van der Waals surface area contributed by atoms with Crippen molar-refractivity contribution in [3.63, 3.8) is 0 Å². The molecule has 6 rings (SSSR count). The molecule has 1 aliphatic heterocycles. The van der Waals surface area contributed by atoms with Gasteiger partial charge in [-0.25, -0.2) is 4.39 Å². The molecular weight excluding hydrogens is 614 g/mol. The van der Waals surface area contributed by atoms with Gasteiger partial charge < -0.3 is 20.0 Å². The monoisotopic (exact) mass is 643 g/mol. The number of nitrogens with zero attached hydrogens (tertiary/aromatic N) is 3. The minimum Gasteiger partial charge on any atom is -0.417 e. The number of pyridine rings is 1. The van der Waals surface area contributed by atoms with Crippen LogP contribution in [0.25, 0.3) is 11.3 Å². The zero-order valence-corrected chi connectivity index (χ0v) is 25.1. The Balaban J connectivity index is 1.13. The number of aryl methyl sites for hydroxylation is 1. The predicted molar refractivity (Wildman–Crippen MR) is 169 cm³/mol. The van der Waals surface area contributed by atoms with Gasteiger partial charge in [0.1, 0.15) is 5.82 Å². The number of amides is 2. The van der Waals surface area contributed by atoms with Crippen molar-refractivity contribution in [1.82, 2.24) is 9.97 Å². The van der Waals surface area contributed by atoms with Crippen LogP contribution in [0.5, 0.6) is 0 Å². The van der Waals surface area contributed by atoms with E-state index >= 15 is 0 Å². The van der Waals surface area contributed by atoms with E-state index in [1.807, 2.05) is 30.3 Å². The lowest BCUT2D eigenvalue weighted by molar-refractivity contribution is -0.141. The molecular formula is C35H29F4N5O3. The lowest BCUT2D eigenvalue weighted by Crippen LogP contribution is -2.33. The zero-order valence-electron chi connectivity index (χ0n) is 25.1. The van der Waals surface area contributed by atoms with E-state index in [1.54, 1.807) is 42.2 Å². The molecule has 12 heteroatoms. The summed E-state index contributed by atoms with van der Waals surface area (Å²) in [6.07, 6.45) is -2.19. The molecule has 2 amide bonds. The number of halogens is 4. The number of rotatable bonds is 7. The average molecular weight is 644 g/mol. The summed E-state index contributed by atoms with van der Waals surface area (Å²) in [7, 11) is 0. The van der Waals surface area contributed by atoms with E-state index in [1.165, 1.54) is 36.0 Å². The van der Waals surface area contributed by atoms with Crippen LogP contribution in [0.15, 0.2) is 95.5 Å². The van der Waals surface area contributed by atoms with Crippen molar-refractivity contribution in [3.8, 4) is 11.3 Å². The molecule has 1 fully saturated rings. The van der Waals surface area contributed by atoms with E-state index in [4.69, 9.17) is 4.42 Å². The van der Waals surface area contributed by atoms with E-state index in [9.17, 15) is 27.2 Å². The number of alkyl halides is 3. The summed E-state index contributed by atoms with van der Waals surface area (Å²) in [5, 5.41) is 4.96. The first-order valence-corrected chi connectivity index (χ1v) is 14.9. The molecule has 1 saturated heterocycles. The van der Waals surface area contributed by atoms with Gasteiger partial charge in [0.05, 0.1) is 23.3 Å². The van der Waals surface area contributed by atoms with Crippen LogP contribution in [-0.2, 0) is 6.18 Å². The molecule has 47 heavy (non-hydrogen) atoms. The van der Waals surface area contributed by atoms with E-state index in [0.29, 0.717) is 48.3 Å². The first-order valence-electron chi connectivity index (χ1n) is 14.9. The third-order valence-electron chi connectivity index (χ3n) is 8.04. The Kier molecular flexibility index (Phi) is 8.75. The number of nitrogens with one attached hydrogen (secondary N) is 2. The van der Waals surface area contributed by atoms with Crippen LogP contribution in [-0.4, -0.2) is 34.9 Å². The van der Waals surface area contributed by atoms with Gasteiger partial charge in [0, 0.05) is 24.2 Å². The lowest BCUT2D eigenvalue weighted by atomic mass is 9.90. The van der Waals surface area contributed by atoms with Crippen molar-refractivity contribution in [2.24, 2.45) is 0 Å². The number of hydrogen-bond acceptors (Lipinski definition) is 6. The van der Waals surface area contributed by atoms with Crippen LogP contribution in [0.4, 0.5) is 35.0 Å². The maximum absolute atomic E-state index is 13.9. The van der Waals surface area contributed by atoms with Crippen LogP contribution in [0.1, 0.15) is 56.5 Å². The average Bonchev–Trinajstić information content (AvgIpc) is 3.54. The molecule has 0 saturated carbocycles. The van der Waals surface area contributed by atoms with Gasteiger partial charge >= 0.3 is 6.18 Å². The number of piperidine rings is 1. The SMILES string of the molecule is Cc1cc(C(=O)Nc2ccccc2F)ccc1-c1ccc(NC(=O)c2oc(N3CCC(c4ccccc4)CC3)nc2C(F)(F)F)cn1. The first kappa shape index (κ1) is 31.5. The highest BCUT2D eigenvalue weighted by molar-refractivity contribution is 6.05. The molecule has 2 N–H and O–H groups in total. The van der Waals surface area contributed by atoms with Crippen molar-refractivity contribution in [2.45, 2.75) is 31.9 Å². The normalized spacial score (nSPS) is 13.8. The summed E-state index contributed by atoms with van der Waals surface area (Å²) in [6.45, 7) is 2.64. The molecule has 0 spiro atoms. The molecule has 2 aromatic heterocycles. The predicted octanol–water partition coefficient (Wildman–Crippen LogP) is 8.09. The molecule has 0 radical (unpaired) electrons. The fourth-order valence-electron chi connectivity index (χ4n) is 5.58. The van der Waals surface area contributed by atoms with Crippen LogP contribution in [0.2, 0.25) is 0 Å². The van der Waals surface area contributed by atoms with E-state index in [2.05, 4.69) is 20.6 Å². The molecule has 0 aliphatic carbocycles. The Hall–Kier alpha value is -5.52. The van der Waals surface area contributed by atoms with Gasteiger partial charge in [0.2, 0.25) is 5.76 Å². The van der Waals surface area contributed by atoms with Crippen molar-refractivity contribution in [3.05, 3.63) is 125 Å². The molecule has 8 nitrogen and oxygen atoms in total. The van der Waals surface area contributed by atoms with Gasteiger partial charge in [0.25, 0.3) is 17.8 Å². The summed E-state index contributed by atoms with van der Waals surface area (Å²) < 4.78 is 61.1. The maximum Gasteiger partial charge on any atom is 0.437 e. The summed E-state index contributed by atoms with van der Waals surface area (Å²) in [5.41, 5.74) is 2.18. The summed E-state index contributed by atoms with van der Waals surface area (Å²) >= 11 is 0. The number of benzene rings is 3. The Bertz CT molecular complexity index is 1900. The number of hydrogen-bond donors (Lipinski definition) is 2. The van der Waals surface area contributed by atoms with Crippen molar-refractivity contribution in [2.75, 3.05) is 28.6 Å². The summed E-state index contributed by atoms with van der Waals surface area (Å²) in [4.78, 5) is 35.3. The number of para-hydroxylation sites is 1. The van der Waals surface area contributed by atoms with Gasteiger partial charge in [-0.05, 0) is 73.2 Å². The third-order valence-corrected chi connectivity index (χ3v) is 8.04. The van der Waals surface area contributed by atoms with E-state index in [-0.39, 0.29) is 23.3 Å². The summed E-state index contributed by atoms with van der Waals surface area (Å²) in [5.74, 6) is -2.80. The standard InChI is InChI=1S/C35H29F4N5O3/c1-21-19-24(32(45)42-29-10-6-5-9-27(29)36)11-13-26(21)28-14-12-25(20-40-28)41-33(46)30-31(35(37,38)39)43-34(47-30)44-17-15-23(16-18-44)22-7-3-2-4-8-22/h2-14,19-20,23H,15-18H2,1H3,(H,41,46)(H,42,45). The topological polar surface area (TPSA) is 100 Å². The van der Waals surface area contributed by atoms with Crippen LogP contribution >= 0.6 is 0 Å². The Morgan fingerprint density at radius 2 is 1.62 bits per heavy atom. The maximum atomic E-state index is 13.9. The second-order valence-electron chi connectivity index (χ2n) is 11.2. The molecule has 1 aliphatic rings. The second kappa shape index (κ2) is 13.1. The molecule has 3 heterocycles. The Morgan fingerprint density at radius 3 is 2.28 bits per heavy atom. The minimum absolute atomic E-state index is 0.0610. The largest absolute Gasteiger partial charge is 0.437 e. The van der Waals surface area contributed by atoms with Gasteiger partial charge in [0.15, 0.2) is 5.69 Å². The van der Waals surface area contributed by atoms with Crippen LogP contribution in [0.3, 0.4) is 0 Å². The second-order valence-corrected chi connectivity index (χ2v) is 11.2. The van der Waals surface area contributed by atoms with Gasteiger partial charge in [-0.2, -0.15) is 18.2 Å². The molecule has 0 unspecified atom stereocenters. The first-order chi connectivity index (χ1) is 22.6. The van der Waals surface area contributed by atoms with Gasteiger partial charge in [-0.1, -0.05) is 48.5 Å². The summed E-state index contributed by atoms with van der Waals surface area (Å²) in [6, 6.07) is 23.5.